The van der Waals surface area contributed by atoms with Gasteiger partial charge in [0.1, 0.15) is 18.2 Å². The van der Waals surface area contributed by atoms with Gasteiger partial charge in [-0.1, -0.05) is 25.1 Å². The summed E-state index contributed by atoms with van der Waals surface area (Å²) in [4.78, 5) is 4.37. The van der Waals surface area contributed by atoms with Crippen molar-refractivity contribution in [2.24, 2.45) is 0 Å². The molecular formula is C20H23N3O. The summed E-state index contributed by atoms with van der Waals surface area (Å²) < 4.78 is 6.01. The first-order valence-corrected chi connectivity index (χ1v) is 8.23. The molecule has 0 fully saturated rings. The Hall–Kier alpha value is -2.59. The molecule has 3 N–H and O–H groups in total. The average molecular weight is 321 g/mol. The molecule has 0 saturated heterocycles. The lowest BCUT2D eigenvalue weighted by atomic mass is 10.1. The maximum absolute atomic E-state index is 6.01. The second-order valence-corrected chi connectivity index (χ2v) is 5.92. The maximum atomic E-state index is 6.01. The minimum absolute atomic E-state index is 0.512. The third kappa shape index (κ3) is 3.84. The first-order chi connectivity index (χ1) is 11.7. The summed E-state index contributed by atoms with van der Waals surface area (Å²) >= 11 is 0. The summed E-state index contributed by atoms with van der Waals surface area (Å²) in [5.41, 5.74) is 10.3. The predicted octanol–water partition coefficient (Wildman–Crippen LogP) is 3.68. The zero-order valence-corrected chi connectivity index (χ0v) is 14.2. The Morgan fingerprint density at radius 3 is 2.58 bits per heavy atom. The van der Waals surface area contributed by atoms with Gasteiger partial charge in [0.25, 0.3) is 0 Å². The summed E-state index contributed by atoms with van der Waals surface area (Å²) in [6, 6.07) is 16.4. The highest BCUT2D eigenvalue weighted by Gasteiger charge is 2.03. The van der Waals surface area contributed by atoms with Gasteiger partial charge < -0.3 is 15.8 Å². The van der Waals surface area contributed by atoms with Crippen molar-refractivity contribution in [2.45, 2.75) is 26.5 Å². The summed E-state index contributed by atoms with van der Waals surface area (Å²) in [5.74, 6) is 1.44. The molecule has 0 aliphatic carbocycles. The number of rotatable bonds is 6. The van der Waals surface area contributed by atoms with E-state index in [0.29, 0.717) is 12.4 Å². The number of hydrogen-bond acceptors (Lipinski definition) is 4. The molecule has 0 unspecified atom stereocenters. The number of pyridine rings is 1. The normalized spacial score (nSPS) is 10.9. The van der Waals surface area contributed by atoms with Crippen molar-refractivity contribution in [1.29, 1.82) is 0 Å². The molecule has 2 aromatic carbocycles. The van der Waals surface area contributed by atoms with Crippen molar-refractivity contribution in [3.8, 4) is 5.75 Å². The van der Waals surface area contributed by atoms with Crippen molar-refractivity contribution in [2.75, 3.05) is 12.8 Å². The topological polar surface area (TPSA) is 60.2 Å². The fourth-order valence-electron chi connectivity index (χ4n) is 2.76. The van der Waals surface area contributed by atoms with Crippen molar-refractivity contribution < 1.29 is 4.74 Å². The molecule has 0 bridgehead atoms. The molecule has 0 aliphatic rings. The smallest absolute Gasteiger partial charge is 0.124 e. The number of nitrogens with zero attached hydrogens (tertiary/aromatic N) is 1. The first kappa shape index (κ1) is 16.3. The number of aryl methyl sites for hydroxylation is 1. The molecule has 1 aromatic heterocycles. The highest BCUT2D eigenvalue weighted by molar-refractivity contribution is 5.80. The van der Waals surface area contributed by atoms with Crippen LogP contribution in [0.25, 0.3) is 10.9 Å². The lowest BCUT2D eigenvalue weighted by molar-refractivity contribution is 0.305. The van der Waals surface area contributed by atoms with Crippen LogP contribution in [0.15, 0.2) is 48.5 Å². The van der Waals surface area contributed by atoms with Gasteiger partial charge in [-0.15, -0.1) is 0 Å². The Kier molecular flexibility index (Phi) is 4.96. The average Bonchev–Trinajstić information content (AvgIpc) is 2.59. The van der Waals surface area contributed by atoms with Crippen LogP contribution in [0.3, 0.4) is 0 Å². The molecule has 3 aromatic rings. The first-order valence-electron chi connectivity index (χ1n) is 8.23. The molecule has 4 heteroatoms. The van der Waals surface area contributed by atoms with Gasteiger partial charge in [-0.3, -0.25) is 0 Å². The number of nitrogens with one attached hydrogen (secondary N) is 1. The number of nitrogen functional groups attached to an aromatic ring is 1. The lowest BCUT2D eigenvalue weighted by Gasteiger charge is -2.11. The Bertz CT molecular complexity index is 845. The minimum atomic E-state index is 0.512. The molecular weight excluding hydrogens is 298 g/mol. The van der Waals surface area contributed by atoms with Gasteiger partial charge in [-0.25, -0.2) is 4.98 Å². The fourth-order valence-corrected chi connectivity index (χ4v) is 2.76. The number of anilines is 1. The van der Waals surface area contributed by atoms with Crippen LogP contribution in [-0.2, 0) is 19.6 Å². The molecule has 3 rings (SSSR count). The molecule has 4 nitrogen and oxygen atoms in total. The summed E-state index contributed by atoms with van der Waals surface area (Å²) in [5, 5.41) is 4.27. The van der Waals surface area contributed by atoms with Gasteiger partial charge in [-0.2, -0.15) is 0 Å². The number of fused-ring (bicyclic) bond motifs is 1. The standard InChI is InChI=1S/C20H23N3O/c1-3-14-8-16(12-22-2)10-18(9-14)24-13-15-4-5-17-6-7-20(21)23-19(17)11-15/h4-11,22H,3,12-13H2,1-2H3,(H2,21,23). The number of ether oxygens (including phenoxy) is 1. The predicted molar refractivity (Wildman–Crippen MR) is 99.1 cm³/mol. The number of hydrogen-bond donors (Lipinski definition) is 2. The number of aromatic nitrogens is 1. The van der Waals surface area contributed by atoms with Crippen molar-refractivity contribution in [3.63, 3.8) is 0 Å². The minimum Gasteiger partial charge on any atom is -0.489 e. The van der Waals surface area contributed by atoms with E-state index in [1.54, 1.807) is 0 Å². The molecule has 0 atom stereocenters. The Morgan fingerprint density at radius 2 is 1.79 bits per heavy atom. The third-order valence-corrected chi connectivity index (χ3v) is 4.00. The van der Waals surface area contributed by atoms with Crippen LogP contribution in [0, 0.1) is 0 Å². The van der Waals surface area contributed by atoms with E-state index in [-0.39, 0.29) is 0 Å². The van der Waals surface area contributed by atoms with Gasteiger partial charge in [0.05, 0.1) is 5.52 Å². The molecule has 0 aliphatic heterocycles. The van der Waals surface area contributed by atoms with Gasteiger partial charge in [-0.05, 0) is 60.5 Å². The zero-order chi connectivity index (χ0) is 16.9. The van der Waals surface area contributed by atoms with Crippen LogP contribution in [0.4, 0.5) is 5.82 Å². The molecule has 124 valence electrons. The second-order valence-electron chi connectivity index (χ2n) is 5.92. The quantitative estimate of drug-likeness (QED) is 0.727. The van der Waals surface area contributed by atoms with Crippen LogP contribution < -0.4 is 15.8 Å². The second kappa shape index (κ2) is 7.32. The summed E-state index contributed by atoms with van der Waals surface area (Å²) in [6.45, 7) is 3.50. The Morgan fingerprint density at radius 1 is 1.00 bits per heavy atom. The molecule has 0 spiro atoms. The molecule has 24 heavy (non-hydrogen) atoms. The van der Waals surface area contributed by atoms with E-state index in [2.05, 4.69) is 47.6 Å². The van der Waals surface area contributed by atoms with Crippen LogP contribution >= 0.6 is 0 Å². The molecule has 0 amide bonds. The fraction of sp³-hybridized carbons (Fsp3) is 0.250. The molecule has 0 saturated carbocycles. The monoisotopic (exact) mass is 321 g/mol. The van der Waals surface area contributed by atoms with E-state index in [0.717, 1.165) is 35.2 Å². The van der Waals surface area contributed by atoms with Crippen LogP contribution in [0.1, 0.15) is 23.6 Å². The van der Waals surface area contributed by atoms with E-state index in [1.807, 2.05) is 25.2 Å². The van der Waals surface area contributed by atoms with Gasteiger partial charge in [0, 0.05) is 11.9 Å². The lowest BCUT2D eigenvalue weighted by Crippen LogP contribution is -2.06. The highest BCUT2D eigenvalue weighted by Crippen LogP contribution is 2.21. The maximum Gasteiger partial charge on any atom is 0.124 e. The van der Waals surface area contributed by atoms with E-state index in [1.165, 1.54) is 11.1 Å². The number of nitrogens with two attached hydrogens (primary N) is 1. The van der Waals surface area contributed by atoms with Crippen LogP contribution in [0.2, 0.25) is 0 Å². The highest BCUT2D eigenvalue weighted by atomic mass is 16.5. The molecule has 0 radical (unpaired) electrons. The SMILES string of the molecule is CCc1cc(CNC)cc(OCc2ccc3ccc(N)nc3c2)c1. The molecule has 1 heterocycles. The van der Waals surface area contributed by atoms with E-state index < -0.39 is 0 Å². The van der Waals surface area contributed by atoms with E-state index >= 15 is 0 Å². The van der Waals surface area contributed by atoms with E-state index in [4.69, 9.17) is 10.5 Å². The third-order valence-electron chi connectivity index (χ3n) is 4.00. The van der Waals surface area contributed by atoms with Crippen molar-refractivity contribution >= 4 is 16.7 Å². The Balaban J connectivity index is 1.78. The van der Waals surface area contributed by atoms with Gasteiger partial charge in [0.15, 0.2) is 0 Å². The van der Waals surface area contributed by atoms with Gasteiger partial charge in [0.2, 0.25) is 0 Å². The summed E-state index contributed by atoms with van der Waals surface area (Å²) in [6.07, 6.45) is 0.993. The van der Waals surface area contributed by atoms with E-state index in [9.17, 15) is 0 Å². The largest absolute Gasteiger partial charge is 0.489 e. The summed E-state index contributed by atoms with van der Waals surface area (Å²) in [7, 11) is 1.95. The Labute approximate surface area is 142 Å². The van der Waals surface area contributed by atoms with Crippen molar-refractivity contribution in [1.82, 2.24) is 10.3 Å². The van der Waals surface area contributed by atoms with Crippen LogP contribution in [-0.4, -0.2) is 12.0 Å². The van der Waals surface area contributed by atoms with Crippen molar-refractivity contribution in [3.05, 3.63) is 65.2 Å². The zero-order valence-electron chi connectivity index (χ0n) is 14.2. The van der Waals surface area contributed by atoms with Gasteiger partial charge >= 0.3 is 0 Å². The number of benzene rings is 2. The van der Waals surface area contributed by atoms with Crippen LogP contribution in [0.5, 0.6) is 5.75 Å².